The first-order valence-electron chi connectivity index (χ1n) is 6.48. The Labute approximate surface area is 124 Å². The van der Waals surface area contributed by atoms with E-state index in [4.69, 9.17) is 0 Å². The average Bonchev–Trinajstić information content (AvgIpc) is 2.43. The minimum Gasteiger partial charge on any atom is -0.381 e. The third-order valence-corrected chi connectivity index (χ3v) is 4.53. The molecule has 0 amide bonds. The summed E-state index contributed by atoms with van der Waals surface area (Å²) in [4.78, 5) is 12.3. The molecule has 6 heteroatoms. The molecule has 0 radical (unpaired) electrons. The number of hydrogen-bond donors (Lipinski definition) is 1. The zero-order chi connectivity index (χ0) is 15.6. The summed E-state index contributed by atoms with van der Waals surface area (Å²) in [5, 5.41) is 3.12. The number of hydrogen-bond acceptors (Lipinski definition) is 4. The monoisotopic (exact) mass is 306 g/mol. The molecule has 0 atom stereocenters. The van der Waals surface area contributed by atoms with Gasteiger partial charge in [-0.3, -0.25) is 4.79 Å². The summed E-state index contributed by atoms with van der Waals surface area (Å²) in [6.45, 7) is 2.27. The topological polar surface area (TPSA) is 68.2 Å². The first kappa shape index (κ1) is 15.3. The Bertz CT molecular complexity index is 806. The first-order valence-corrected chi connectivity index (χ1v) is 8.37. The number of pyridine rings is 1. The lowest BCUT2D eigenvalue weighted by molar-refractivity contribution is 0.602. The van der Waals surface area contributed by atoms with E-state index in [1.54, 1.807) is 41.9 Å². The fourth-order valence-electron chi connectivity index (χ4n) is 1.93. The van der Waals surface area contributed by atoms with Crippen LogP contribution < -0.4 is 10.9 Å². The molecule has 0 unspecified atom stereocenters. The van der Waals surface area contributed by atoms with Gasteiger partial charge >= 0.3 is 0 Å². The average molecular weight is 306 g/mol. The molecule has 1 aromatic heterocycles. The smallest absolute Gasteiger partial charge is 0.255 e. The Kier molecular flexibility index (Phi) is 4.18. The predicted molar refractivity (Wildman–Crippen MR) is 83.3 cm³/mol. The highest BCUT2D eigenvalue weighted by Crippen LogP contribution is 2.14. The van der Waals surface area contributed by atoms with Crippen molar-refractivity contribution in [2.75, 3.05) is 11.6 Å². The second kappa shape index (κ2) is 5.73. The van der Waals surface area contributed by atoms with Crippen molar-refractivity contribution in [2.45, 2.75) is 18.4 Å². The molecule has 0 aliphatic rings. The van der Waals surface area contributed by atoms with E-state index in [1.165, 1.54) is 6.26 Å². The van der Waals surface area contributed by atoms with Crippen molar-refractivity contribution in [1.82, 2.24) is 4.57 Å². The van der Waals surface area contributed by atoms with E-state index in [0.29, 0.717) is 12.1 Å². The van der Waals surface area contributed by atoms with Gasteiger partial charge in [0.1, 0.15) is 0 Å². The number of rotatable bonds is 4. The summed E-state index contributed by atoms with van der Waals surface area (Å²) >= 11 is 0. The van der Waals surface area contributed by atoms with Gasteiger partial charge in [-0.05, 0) is 37.3 Å². The normalized spacial score (nSPS) is 11.4. The summed E-state index contributed by atoms with van der Waals surface area (Å²) in [6, 6.07) is 10.2. The van der Waals surface area contributed by atoms with Crippen LogP contribution in [0.25, 0.3) is 0 Å². The van der Waals surface area contributed by atoms with Crippen molar-refractivity contribution in [3.05, 3.63) is 58.0 Å². The molecule has 0 bridgehead atoms. The maximum Gasteiger partial charge on any atom is 0.255 e. The summed E-state index contributed by atoms with van der Waals surface area (Å²) < 4.78 is 24.3. The molecule has 2 rings (SSSR count). The molecule has 0 spiro atoms. The molecule has 1 N–H and O–H groups in total. The number of aromatic nitrogens is 1. The molecule has 0 fully saturated rings. The van der Waals surface area contributed by atoms with E-state index in [9.17, 15) is 13.2 Å². The highest BCUT2D eigenvalue weighted by molar-refractivity contribution is 7.90. The zero-order valence-corrected chi connectivity index (χ0v) is 13.1. The number of benzene rings is 1. The maximum absolute atomic E-state index is 12.0. The molecular weight excluding hydrogens is 288 g/mol. The molecule has 2 aromatic rings. The van der Waals surface area contributed by atoms with Gasteiger partial charge in [-0.25, -0.2) is 8.42 Å². The number of aryl methyl sites for hydroxylation is 1. The molecule has 0 aliphatic carbocycles. The number of anilines is 1. The van der Waals surface area contributed by atoms with Gasteiger partial charge in [0, 0.05) is 36.8 Å². The minimum absolute atomic E-state index is 0.0322. The molecule has 1 aromatic carbocycles. The molecule has 0 aliphatic heterocycles. The van der Waals surface area contributed by atoms with Crippen LogP contribution in [0.15, 0.2) is 46.1 Å². The Morgan fingerprint density at radius 1 is 1.10 bits per heavy atom. The number of nitrogens with zero attached hydrogens (tertiary/aromatic N) is 1. The van der Waals surface area contributed by atoms with Crippen LogP contribution in [0.5, 0.6) is 0 Å². The second-order valence-electron chi connectivity index (χ2n) is 5.01. The van der Waals surface area contributed by atoms with Crippen molar-refractivity contribution in [3.8, 4) is 0 Å². The Morgan fingerprint density at radius 3 is 2.29 bits per heavy atom. The van der Waals surface area contributed by atoms with E-state index in [-0.39, 0.29) is 10.5 Å². The van der Waals surface area contributed by atoms with Crippen LogP contribution in [0.3, 0.4) is 0 Å². The van der Waals surface area contributed by atoms with Crippen LogP contribution >= 0.6 is 0 Å². The van der Waals surface area contributed by atoms with Gasteiger partial charge in [-0.2, -0.15) is 0 Å². The van der Waals surface area contributed by atoms with Crippen molar-refractivity contribution in [3.63, 3.8) is 0 Å². The Morgan fingerprint density at radius 2 is 1.71 bits per heavy atom. The lowest BCUT2D eigenvalue weighted by Crippen LogP contribution is -2.24. The van der Waals surface area contributed by atoms with Crippen LogP contribution in [0.4, 0.5) is 5.69 Å². The van der Waals surface area contributed by atoms with Crippen LogP contribution in [0.2, 0.25) is 0 Å². The molecule has 1 heterocycles. The number of nitrogens with one attached hydrogen (secondary N) is 1. The third kappa shape index (κ3) is 3.52. The van der Waals surface area contributed by atoms with Gasteiger partial charge in [0.15, 0.2) is 9.84 Å². The lowest BCUT2D eigenvalue weighted by atomic mass is 10.2. The van der Waals surface area contributed by atoms with Crippen molar-refractivity contribution in [1.29, 1.82) is 0 Å². The van der Waals surface area contributed by atoms with Crippen molar-refractivity contribution >= 4 is 15.5 Å². The summed E-state index contributed by atoms with van der Waals surface area (Å²) in [5.41, 5.74) is 2.30. The number of sulfone groups is 1. The summed E-state index contributed by atoms with van der Waals surface area (Å²) in [6.07, 6.45) is 1.17. The Balaban J connectivity index is 2.14. The van der Waals surface area contributed by atoms with E-state index in [2.05, 4.69) is 5.32 Å². The molecule has 0 saturated heterocycles. The van der Waals surface area contributed by atoms with Gasteiger partial charge in [0.25, 0.3) is 5.56 Å². The van der Waals surface area contributed by atoms with Crippen LogP contribution in [0.1, 0.15) is 11.3 Å². The molecular formula is C15H18N2O3S. The largest absolute Gasteiger partial charge is 0.381 e. The van der Waals surface area contributed by atoms with Crippen LogP contribution in [-0.2, 0) is 23.4 Å². The van der Waals surface area contributed by atoms with Gasteiger partial charge < -0.3 is 9.88 Å². The van der Waals surface area contributed by atoms with Crippen molar-refractivity contribution in [2.24, 2.45) is 7.05 Å². The summed E-state index contributed by atoms with van der Waals surface area (Å²) in [5.74, 6) is 0. The van der Waals surface area contributed by atoms with Gasteiger partial charge in [0.2, 0.25) is 0 Å². The van der Waals surface area contributed by atoms with Crippen molar-refractivity contribution < 1.29 is 8.42 Å². The second-order valence-corrected chi connectivity index (χ2v) is 7.03. The predicted octanol–water partition coefficient (Wildman–Crippen LogP) is 1.71. The van der Waals surface area contributed by atoms with Crippen LogP contribution in [-0.4, -0.2) is 19.2 Å². The van der Waals surface area contributed by atoms with Gasteiger partial charge in [0.05, 0.1) is 4.90 Å². The summed E-state index contributed by atoms with van der Waals surface area (Å²) in [7, 11) is -1.45. The molecule has 0 saturated carbocycles. The highest BCUT2D eigenvalue weighted by Gasteiger charge is 2.07. The maximum atomic E-state index is 12.0. The Hall–Kier alpha value is -2.08. The molecule has 112 valence electrons. The molecule has 5 nitrogen and oxygen atoms in total. The van der Waals surface area contributed by atoms with Gasteiger partial charge in [-0.15, -0.1) is 0 Å². The fourth-order valence-corrected chi connectivity index (χ4v) is 2.56. The van der Waals surface area contributed by atoms with Gasteiger partial charge in [-0.1, -0.05) is 6.07 Å². The van der Waals surface area contributed by atoms with E-state index in [0.717, 1.165) is 11.4 Å². The van der Waals surface area contributed by atoms with E-state index in [1.807, 2.05) is 13.0 Å². The van der Waals surface area contributed by atoms with Crippen LogP contribution in [0, 0.1) is 6.92 Å². The standard InChI is InChI=1S/C15H18N2O3S/c1-11-4-5-12(15(18)17(11)2)10-16-13-6-8-14(9-7-13)21(3,19)20/h4-9,16H,10H2,1-3H3. The fraction of sp³-hybridized carbons (Fsp3) is 0.267. The zero-order valence-electron chi connectivity index (χ0n) is 12.3. The SMILES string of the molecule is Cc1ccc(CNc2ccc(S(C)(=O)=O)cc2)c(=O)n1C. The minimum atomic E-state index is -3.18. The highest BCUT2D eigenvalue weighted by atomic mass is 32.2. The van der Waals surface area contributed by atoms with E-state index < -0.39 is 9.84 Å². The lowest BCUT2D eigenvalue weighted by Gasteiger charge is -2.09. The third-order valence-electron chi connectivity index (χ3n) is 3.40. The first-order chi connectivity index (χ1) is 9.79. The van der Waals surface area contributed by atoms with E-state index >= 15 is 0 Å². The molecule has 21 heavy (non-hydrogen) atoms. The quantitative estimate of drug-likeness (QED) is 0.933.